The van der Waals surface area contributed by atoms with Gasteiger partial charge >= 0.3 is 0 Å². The van der Waals surface area contributed by atoms with Crippen molar-refractivity contribution in [3.63, 3.8) is 0 Å². The molecule has 7 heteroatoms. The van der Waals surface area contributed by atoms with Gasteiger partial charge in [-0.15, -0.1) is 10.2 Å². The molecule has 118 valence electrons. The Balaban J connectivity index is 1.45. The van der Waals surface area contributed by atoms with Gasteiger partial charge in [0.2, 0.25) is 0 Å². The predicted molar refractivity (Wildman–Crippen MR) is 88.7 cm³/mol. The fourth-order valence-electron chi connectivity index (χ4n) is 1.84. The smallest absolute Gasteiger partial charge is 0.276 e. The number of aryl methyl sites for hydroxylation is 1. The Kier molecular flexibility index (Phi) is 5.50. The highest BCUT2D eigenvalue weighted by Gasteiger charge is 2.07. The summed E-state index contributed by atoms with van der Waals surface area (Å²) in [6.07, 6.45) is 4.50. The summed E-state index contributed by atoms with van der Waals surface area (Å²) in [5, 5.41) is 9.20. The Hall–Kier alpha value is -2.05. The molecule has 1 aromatic carbocycles. The van der Waals surface area contributed by atoms with Gasteiger partial charge in [-0.2, -0.15) is 0 Å². The highest BCUT2D eigenvalue weighted by Crippen LogP contribution is 2.20. The third kappa shape index (κ3) is 4.97. The Morgan fingerprint density at radius 1 is 1.04 bits per heavy atom. The van der Waals surface area contributed by atoms with Gasteiger partial charge in [0, 0.05) is 23.2 Å². The largest absolute Gasteiger partial charge is 0.484 e. The van der Waals surface area contributed by atoms with Gasteiger partial charge in [-0.1, -0.05) is 23.4 Å². The van der Waals surface area contributed by atoms with E-state index >= 15 is 0 Å². The topological polar surface area (TPSA) is 61.0 Å². The molecule has 2 aromatic heterocycles. The molecule has 0 aliphatic rings. The molecule has 23 heavy (non-hydrogen) atoms. The molecular weight excluding hydrogens is 334 g/mol. The number of rotatable bonds is 7. The molecule has 0 aliphatic carbocycles. The van der Waals surface area contributed by atoms with Crippen LogP contribution in [0.3, 0.4) is 0 Å². The highest BCUT2D eigenvalue weighted by molar-refractivity contribution is 7.99. The monoisotopic (exact) mass is 347 g/mol. The van der Waals surface area contributed by atoms with E-state index in [2.05, 4.69) is 15.2 Å². The second kappa shape index (κ2) is 7.99. The molecule has 0 saturated carbocycles. The first-order chi connectivity index (χ1) is 11.3. The summed E-state index contributed by atoms with van der Waals surface area (Å²) >= 11 is 7.35. The number of hydrogen-bond donors (Lipinski definition) is 0. The molecule has 0 amide bonds. The van der Waals surface area contributed by atoms with E-state index in [-0.39, 0.29) is 6.61 Å². The number of halogens is 1. The Morgan fingerprint density at radius 2 is 1.83 bits per heavy atom. The van der Waals surface area contributed by atoms with Gasteiger partial charge in [0.25, 0.3) is 11.1 Å². The number of pyridine rings is 1. The lowest BCUT2D eigenvalue weighted by Gasteiger charge is -2.02. The van der Waals surface area contributed by atoms with Gasteiger partial charge in [-0.05, 0) is 48.4 Å². The van der Waals surface area contributed by atoms with E-state index in [1.54, 1.807) is 36.7 Å². The van der Waals surface area contributed by atoms with E-state index in [1.165, 1.54) is 17.3 Å². The maximum Gasteiger partial charge on any atom is 0.276 e. The zero-order chi connectivity index (χ0) is 15.9. The zero-order valence-electron chi connectivity index (χ0n) is 12.2. The van der Waals surface area contributed by atoms with Crippen molar-refractivity contribution in [3.8, 4) is 5.75 Å². The maximum absolute atomic E-state index is 5.82. The van der Waals surface area contributed by atoms with E-state index in [0.29, 0.717) is 21.9 Å². The molecule has 0 radical (unpaired) electrons. The van der Waals surface area contributed by atoms with Crippen molar-refractivity contribution in [1.82, 2.24) is 15.2 Å². The van der Waals surface area contributed by atoms with E-state index in [4.69, 9.17) is 20.8 Å². The number of hydrogen-bond acceptors (Lipinski definition) is 6. The summed E-state index contributed by atoms with van der Waals surface area (Å²) in [5.74, 6) is 2.02. The summed E-state index contributed by atoms with van der Waals surface area (Å²) in [4.78, 5) is 4.00. The normalized spacial score (nSPS) is 10.7. The zero-order valence-corrected chi connectivity index (χ0v) is 13.8. The summed E-state index contributed by atoms with van der Waals surface area (Å²) < 4.78 is 11.1. The number of ether oxygens (including phenoxy) is 1. The average Bonchev–Trinajstić information content (AvgIpc) is 3.03. The van der Waals surface area contributed by atoms with Gasteiger partial charge in [-0.25, -0.2) is 0 Å². The van der Waals surface area contributed by atoms with Gasteiger partial charge in [0.15, 0.2) is 6.61 Å². The van der Waals surface area contributed by atoms with Crippen molar-refractivity contribution in [1.29, 1.82) is 0 Å². The number of benzene rings is 1. The van der Waals surface area contributed by atoms with Crippen LogP contribution in [0, 0.1) is 0 Å². The SMILES string of the molecule is Clc1ccc(OCc2nnc(SCCc3ccncc3)o2)cc1. The maximum atomic E-state index is 5.82. The lowest BCUT2D eigenvalue weighted by molar-refractivity contribution is 0.252. The van der Waals surface area contributed by atoms with E-state index in [9.17, 15) is 0 Å². The van der Waals surface area contributed by atoms with Crippen LogP contribution in [0.15, 0.2) is 58.4 Å². The number of nitrogens with zero attached hydrogens (tertiary/aromatic N) is 3. The molecule has 0 fully saturated rings. The van der Waals surface area contributed by atoms with Crippen LogP contribution in [0.4, 0.5) is 0 Å². The lowest BCUT2D eigenvalue weighted by Crippen LogP contribution is -1.95. The lowest BCUT2D eigenvalue weighted by atomic mass is 10.2. The predicted octanol–water partition coefficient (Wildman–Crippen LogP) is 4.03. The summed E-state index contributed by atoms with van der Waals surface area (Å²) in [6, 6.07) is 11.1. The molecule has 0 unspecified atom stereocenters. The van der Waals surface area contributed by atoms with E-state index in [1.807, 2.05) is 12.1 Å². The minimum atomic E-state index is 0.236. The molecule has 0 N–H and O–H groups in total. The molecule has 0 saturated heterocycles. The molecule has 3 aromatic rings. The van der Waals surface area contributed by atoms with Gasteiger partial charge in [-0.3, -0.25) is 4.98 Å². The first-order valence-corrected chi connectivity index (χ1v) is 8.38. The standard InChI is InChI=1S/C16H14ClN3O2S/c17-13-1-3-14(4-2-13)21-11-15-19-20-16(22-15)23-10-7-12-5-8-18-9-6-12/h1-6,8-9H,7,10-11H2. The first kappa shape index (κ1) is 15.8. The molecule has 2 heterocycles. The van der Waals surface area contributed by atoms with Crippen molar-refractivity contribution in [2.45, 2.75) is 18.3 Å². The molecule has 3 rings (SSSR count). The average molecular weight is 348 g/mol. The van der Waals surface area contributed by atoms with Gasteiger partial charge < -0.3 is 9.15 Å². The van der Waals surface area contributed by atoms with Crippen LogP contribution < -0.4 is 4.74 Å². The fourth-order valence-corrected chi connectivity index (χ4v) is 2.73. The van der Waals surface area contributed by atoms with Crippen LogP contribution in [0.1, 0.15) is 11.5 Å². The van der Waals surface area contributed by atoms with Crippen molar-refractivity contribution in [3.05, 3.63) is 65.3 Å². The second-order valence-corrected chi connectivity index (χ2v) is 6.14. The van der Waals surface area contributed by atoms with Crippen LogP contribution in [0.2, 0.25) is 5.02 Å². The first-order valence-electron chi connectivity index (χ1n) is 7.02. The van der Waals surface area contributed by atoms with Crippen LogP contribution in [0.5, 0.6) is 5.75 Å². The fraction of sp³-hybridized carbons (Fsp3) is 0.188. The van der Waals surface area contributed by atoms with Crippen LogP contribution in [-0.4, -0.2) is 20.9 Å². The molecule has 0 aliphatic heterocycles. The summed E-state index contributed by atoms with van der Waals surface area (Å²) in [5.41, 5.74) is 1.23. The Morgan fingerprint density at radius 3 is 2.61 bits per heavy atom. The van der Waals surface area contributed by atoms with Crippen molar-refractivity contribution >= 4 is 23.4 Å². The third-order valence-electron chi connectivity index (χ3n) is 2.99. The van der Waals surface area contributed by atoms with Crippen molar-refractivity contribution < 1.29 is 9.15 Å². The number of thioether (sulfide) groups is 1. The Labute approximate surface area is 143 Å². The molecule has 0 spiro atoms. The van der Waals surface area contributed by atoms with Crippen LogP contribution in [0.25, 0.3) is 0 Å². The molecule has 0 bridgehead atoms. The van der Waals surface area contributed by atoms with Crippen LogP contribution >= 0.6 is 23.4 Å². The Bertz CT molecular complexity index is 735. The minimum absolute atomic E-state index is 0.236. The summed E-state index contributed by atoms with van der Waals surface area (Å²) in [7, 11) is 0. The van der Waals surface area contributed by atoms with Gasteiger partial charge in [0.1, 0.15) is 5.75 Å². The highest BCUT2D eigenvalue weighted by atomic mass is 35.5. The van der Waals surface area contributed by atoms with Crippen molar-refractivity contribution in [2.75, 3.05) is 5.75 Å². The van der Waals surface area contributed by atoms with Crippen molar-refractivity contribution in [2.24, 2.45) is 0 Å². The van der Waals surface area contributed by atoms with E-state index < -0.39 is 0 Å². The number of aromatic nitrogens is 3. The van der Waals surface area contributed by atoms with E-state index in [0.717, 1.165) is 12.2 Å². The van der Waals surface area contributed by atoms with Gasteiger partial charge in [0.05, 0.1) is 0 Å². The molecule has 5 nitrogen and oxygen atoms in total. The third-order valence-corrected chi connectivity index (χ3v) is 4.06. The molecule has 0 atom stereocenters. The molecular formula is C16H14ClN3O2S. The summed E-state index contributed by atoms with van der Waals surface area (Å²) in [6.45, 7) is 0.236. The quantitative estimate of drug-likeness (QED) is 0.601. The van der Waals surface area contributed by atoms with Crippen LogP contribution in [-0.2, 0) is 13.0 Å². The second-order valence-electron chi connectivity index (χ2n) is 4.66. The minimum Gasteiger partial charge on any atom is -0.484 e.